The van der Waals surface area contributed by atoms with Crippen LogP contribution >= 0.6 is 0 Å². The number of aliphatic hydroxyl groups excluding tert-OH is 1. The van der Waals surface area contributed by atoms with Crippen molar-refractivity contribution in [3.63, 3.8) is 0 Å². The van der Waals surface area contributed by atoms with Crippen molar-refractivity contribution < 1.29 is 9.59 Å². The molecule has 92 valence electrons. The minimum Gasteiger partial charge on any atom is -0.397 e. The van der Waals surface area contributed by atoms with E-state index in [0.29, 0.717) is 0 Å². The molecular formula is C14H26NO+. The van der Waals surface area contributed by atoms with Gasteiger partial charge in [-0.2, -0.15) is 0 Å². The van der Waals surface area contributed by atoms with Crippen LogP contribution in [0.15, 0.2) is 50.6 Å². The highest BCUT2D eigenvalue weighted by molar-refractivity contribution is 4.79. The van der Waals surface area contributed by atoms with Crippen LogP contribution in [0, 0.1) is 0 Å². The predicted octanol–water partition coefficient (Wildman–Crippen LogP) is 2.55. The SMILES string of the molecule is C=CC[N+](CC=C)(CC=C)CC=C.CCO. The van der Waals surface area contributed by atoms with Crippen molar-refractivity contribution in [2.45, 2.75) is 6.92 Å². The molecule has 0 aliphatic carbocycles. The van der Waals surface area contributed by atoms with E-state index in [-0.39, 0.29) is 6.61 Å². The molecule has 0 radical (unpaired) electrons. The van der Waals surface area contributed by atoms with E-state index in [4.69, 9.17) is 5.11 Å². The number of quaternary nitrogens is 1. The lowest BCUT2D eigenvalue weighted by Gasteiger charge is -2.35. The van der Waals surface area contributed by atoms with E-state index >= 15 is 0 Å². The van der Waals surface area contributed by atoms with Crippen molar-refractivity contribution in [1.29, 1.82) is 0 Å². The Morgan fingerprint density at radius 3 is 1.12 bits per heavy atom. The van der Waals surface area contributed by atoms with Gasteiger partial charge < -0.3 is 9.59 Å². The van der Waals surface area contributed by atoms with Crippen molar-refractivity contribution in [2.24, 2.45) is 0 Å². The molecule has 0 atom stereocenters. The average Bonchev–Trinajstić information content (AvgIpc) is 2.20. The highest BCUT2D eigenvalue weighted by Crippen LogP contribution is 2.07. The van der Waals surface area contributed by atoms with Gasteiger partial charge in [-0.15, -0.1) is 0 Å². The van der Waals surface area contributed by atoms with Crippen LogP contribution in [0.4, 0.5) is 0 Å². The van der Waals surface area contributed by atoms with Crippen LogP contribution in [0.2, 0.25) is 0 Å². The fraction of sp³-hybridized carbons (Fsp3) is 0.429. The van der Waals surface area contributed by atoms with Crippen molar-refractivity contribution in [2.75, 3.05) is 32.8 Å². The van der Waals surface area contributed by atoms with Crippen LogP contribution in [0.3, 0.4) is 0 Å². The Morgan fingerprint density at radius 2 is 1.00 bits per heavy atom. The zero-order chi connectivity index (χ0) is 12.9. The van der Waals surface area contributed by atoms with E-state index in [9.17, 15) is 0 Å². The number of rotatable bonds is 8. The molecule has 0 aliphatic heterocycles. The molecule has 0 bridgehead atoms. The summed E-state index contributed by atoms with van der Waals surface area (Å²) in [6.07, 6.45) is 7.76. The van der Waals surface area contributed by atoms with E-state index in [1.807, 2.05) is 24.3 Å². The first-order valence-electron chi connectivity index (χ1n) is 5.55. The Morgan fingerprint density at radius 1 is 0.812 bits per heavy atom. The first-order valence-corrected chi connectivity index (χ1v) is 5.55. The largest absolute Gasteiger partial charge is 0.397 e. The zero-order valence-electron chi connectivity index (χ0n) is 10.6. The van der Waals surface area contributed by atoms with E-state index < -0.39 is 0 Å². The number of aliphatic hydroxyl groups is 1. The van der Waals surface area contributed by atoms with E-state index in [1.54, 1.807) is 6.92 Å². The van der Waals surface area contributed by atoms with Crippen molar-refractivity contribution in [3.05, 3.63) is 50.6 Å². The van der Waals surface area contributed by atoms with Gasteiger partial charge in [0.05, 0.1) is 26.2 Å². The minimum absolute atomic E-state index is 0.250. The fourth-order valence-corrected chi connectivity index (χ4v) is 1.54. The van der Waals surface area contributed by atoms with Gasteiger partial charge in [-0.3, -0.25) is 0 Å². The predicted molar refractivity (Wildman–Crippen MR) is 73.3 cm³/mol. The second-order valence-electron chi connectivity index (χ2n) is 3.54. The van der Waals surface area contributed by atoms with Gasteiger partial charge in [0.15, 0.2) is 0 Å². The molecule has 0 aromatic carbocycles. The molecule has 0 unspecified atom stereocenters. The van der Waals surface area contributed by atoms with E-state index in [1.165, 1.54) is 0 Å². The van der Waals surface area contributed by atoms with Gasteiger partial charge in [0, 0.05) is 6.61 Å². The number of hydrogen-bond acceptors (Lipinski definition) is 1. The first-order chi connectivity index (χ1) is 7.66. The Labute approximate surface area is 100 Å². The number of nitrogens with zero attached hydrogens (tertiary/aromatic N) is 1. The topological polar surface area (TPSA) is 20.2 Å². The molecule has 2 heteroatoms. The third kappa shape index (κ3) is 8.21. The van der Waals surface area contributed by atoms with Crippen LogP contribution < -0.4 is 0 Å². The van der Waals surface area contributed by atoms with Crippen molar-refractivity contribution in [1.82, 2.24) is 0 Å². The molecule has 0 aliphatic rings. The molecule has 0 saturated heterocycles. The zero-order valence-corrected chi connectivity index (χ0v) is 10.6. The standard InChI is InChI=1S/C12H20N.C2H6O/c1-5-9-13(10-6-2,11-7-3)12-8-4;1-2-3/h5-8H,1-4,9-12H2;3H,2H2,1H3/q+1;. The Bertz CT molecular complexity index is 163. The summed E-state index contributed by atoms with van der Waals surface area (Å²) in [6.45, 7) is 20.8. The summed E-state index contributed by atoms with van der Waals surface area (Å²) in [5.41, 5.74) is 0. The Hall–Kier alpha value is -1.12. The lowest BCUT2D eigenvalue weighted by molar-refractivity contribution is -0.906. The molecule has 0 saturated carbocycles. The summed E-state index contributed by atoms with van der Waals surface area (Å²) >= 11 is 0. The lowest BCUT2D eigenvalue weighted by atomic mass is 10.3. The van der Waals surface area contributed by atoms with E-state index in [2.05, 4.69) is 26.3 Å². The molecule has 0 amide bonds. The minimum atomic E-state index is 0.250. The molecular weight excluding hydrogens is 198 g/mol. The average molecular weight is 224 g/mol. The maximum absolute atomic E-state index is 7.57. The highest BCUT2D eigenvalue weighted by Gasteiger charge is 2.20. The summed E-state index contributed by atoms with van der Waals surface area (Å²) in [5.74, 6) is 0. The molecule has 0 fully saturated rings. The van der Waals surface area contributed by atoms with Crippen molar-refractivity contribution in [3.8, 4) is 0 Å². The molecule has 0 aromatic heterocycles. The lowest BCUT2D eigenvalue weighted by Crippen LogP contribution is -2.48. The second-order valence-corrected chi connectivity index (χ2v) is 3.54. The maximum Gasteiger partial charge on any atom is 0.0978 e. The molecule has 0 spiro atoms. The molecule has 0 rings (SSSR count). The van der Waals surface area contributed by atoms with Crippen LogP contribution in [-0.4, -0.2) is 42.4 Å². The maximum atomic E-state index is 7.57. The molecule has 0 heterocycles. The first kappa shape index (κ1) is 17.3. The summed E-state index contributed by atoms with van der Waals surface area (Å²) in [6, 6.07) is 0. The summed E-state index contributed by atoms with van der Waals surface area (Å²) in [4.78, 5) is 0. The van der Waals surface area contributed by atoms with Gasteiger partial charge in [-0.1, -0.05) is 26.3 Å². The Kier molecular flexibility index (Phi) is 12.9. The summed E-state index contributed by atoms with van der Waals surface area (Å²) in [5, 5.41) is 7.57. The smallest absolute Gasteiger partial charge is 0.0978 e. The van der Waals surface area contributed by atoms with Gasteiger partial charge in [-0.05, 0) is 31.2 Å². The summed E-state index contributed by atoms with van der Waals surface area (Å²) < 4.78 is 0.903. The second kappa shape index (κ2) is 12.0. The van der Waals surface area contributed by atoms with Gasteiger partial charge in [0.2, 0.25) is 0 Å². The Balaban J connectivity index is 0. The fourth-order valence-electron chi connectivity index (χ4n) is 1.54. The third-order valence-corrected chi connectivity index (χ3v) is 2.07. The van der Waals surface area contributed by atoms with Crippen LogP contribution in [0.25, 0.3) is 0 Å². The van der Waals surface area contributed by atoms with Gasteiger partial charge >= 0.3 is 0 Å². The molecule has 16 heavy (non-hydrogen) atoms. The van der Waals surface area contributed by atoms with Gasteiger partial charge in [-0.25, -0.2) is 0 Å². The summed E-state index contributed by atoms with van der Waals surface area (Å²) in [7, 11) is 0. The van der Waals surface area contributed by atoms with Gasteiger partial charge in [0.25, 0.3) is 0 Å². The molecule has 2 nitrogen and oxygen atoms in total. The van der Waals surface area contributed by atoms with Crippen LogP contribution in [0.1, 0.15) is 6.92 Å². The molecule has 1 N–H and O–H groups in total. The van der Waals surface area contributed by atoms with E-state index in [0.717, 1.165) is 30.7 Å². The van der Waals surface area contributed by atoms with Crippen LogP contribution in [-0.2, 0) is 0 Å². The monoisotopic (exact) mass is 224 g/mol. The van der Waals surface area contributed by atoms with Crippen LogP contribution in [0.5, 0.6) is 0 Å². The quantitative estimate of drug-likeness (QED) is 0.496. The third-order valence-electron chi connectivity index (χ3n) is 2.07. The highest BCUT2D eigenvalue weighted by atomic mass is 16.2. The van der Waals surface area contributed by atoms with Gasteiger partial charge in [0.1, 0.15) is 0 Å². The number of hydrogen-bond donors (Lipinski definition) is 1. The normalized spacial score (nSPS) is 9.62. The van der Waals surface area contributed by atoms with Crippen molar-refractivity contribution >= 4 is 0 Å². The molecule has 0 aromatic rings.